The second-order valence-electron chi connectivity index (χ2n) is 6.36. The van der Waals surface area contributed by atoms with Crippen molar-refractivity contribution in [1.82, 2.24) is 5.32 Å². The molecule has 0 aromatic heterocycles. The van der Waals surface area contributed by atoms with E-state index < -0.39 is 29.5 Å². The van der Waals surface area contributed by atoms with E-state index in [2.05, 4.69) is 5.32 Å². The fourth-order valence-corrected chi connectivity index (χ4v) is 1.84. The van der Waals surface area contributed by atoms with Gasteiger partial charge in [0.25, 0.3) is 5.91 Å². The van der Waals surface area contributed by atoms with Crippen molar-refractivity contribution in [3.63, 3.8) is 0 Å². The first-order valence-electron chi connectivity index (χ1n) is 7.40. The van der Waals surface area contributed by atoms with Gasteiger partial charge in [0, 0.05) is 12.0 Å². The minimum Gasteiger partial charge on any atom is -0.481 e. The molecule has 23 heavy (non-hydrogen) atoms. The lowest BCUT2D eigenvalue weighted by Gasteiger charge is -2.24. The van der Waals surface area contributed by atoms with Gasteiger partial charge < -0.3 is 15.2 Å². The third-order valence-corrected chi connectivity index (χ3v) is 2.96. The van der Waals surface area contributed by atoms with Gasteiger partial charge in [0.05, 0.1) is 0 Å². The van der Waals surface area contributed by atoms with Crippen molar-refractivity contribution < 1.29 is 24.2 Å². The molecular weight excluding hydrogens is 298 g/mol. The summed E-state index contributed by atoms with van der Waals surface area (Å²) in [6.45, 7) is 7.03. The molecule has 0 saturated carbocycles. The number of rotatable bonds is 6. The number of hydrogen-bond donors (Lipinski definition) is 2. The molecule has 0 spiro atoms. The number of carboxylic acid groups (broad SMARTS) is 1. The van der Waals surface area contributed by atoms with E-state index in [-0.39, 0.29) is 12.8 Å². The van der Waals surface area contributed by atoms with Gasteiger partial charge in [-0.3, -0.25) is 9.59 Å². The second-order valence-corrected chi connectivity index (χ2v) is 6.36. The fraction of sp³-hybridized carbons (Fsp3) is 0.471. The largest absolute Gasteiger partial charge is 0.481 e. The number of aryl methyl sites for hydroxylation is 1. The Labute approximate surface area is 135 Å². The molecule has 0 heterocycles. The topological polar surface area (TPSA) is 92.7 Å². The Hall–Kier alpha value is -2.37. The summed E-state index contributed by atoms with van der Waals surface area (Å²) in [6.07, 6.45) is -0.264. The van der Waals surface area contributed by atoms with Crippen molar-refractivity contribution in [3.05, 3.63) is 35.4 Å². The van der Waals surface area contributed by atoms with Gasteiger partial charge in [0.2, 0.25) is 0 Å². The average Bonchev–Trinajstić information content (AvgIpc) is 2.41. The molecule has 126 valence electrons. The number of hydrogen-bond acceptors (Lipinski definition) is 4. The van der Waals surface area contributed by atoms with Crippen molar-refractivity contribution >= 4 is 17.8 Å². The molecule has 0 radical (unpaired) electrons. The van der Waals surface area contributed by atoms with Crippen molar-refractivity contribution in [2.75, 3.05) is 0 Å². The van der Waals surface area contributed by atoms with Crippen LogP contribution in [0.15, 0.2) is 24.3 Å². The van der Waals surface area contributed by atoms with E-state index in [0.29, 0.717) is 5.56 Å². The van der Waals surface area contributed by atoms with Gasteiger partial charge in [-0.15, -0.1) is 0 Å². The van der Waals surface area contributed by atoms with Crippen LogP contribution in [-0.4, -0.2) is 34.6 Å². The molecule has 1 aromatic carbocycles. The van der Waals surface area contributed by atoms with E-state index >= 15 is 0 Å². The first kappa shape index (κ1) is 18.7. The summed E-state index contributed by atoms with van der Waals surface area (Å²) in [5, 5.41) is 11.3. The third kappa shape index (κ3) is 6.95. The Bertz CT molecular complexity index is 572. The number of aliphatic carboxylic acids is 1. The molecule has 0 saturated heterocycles. The number of ether oxygens (including phenoxy) is 1. The molecule has 0 aliphatic carbocycles. The van der Waals surface area contributed by atoms with Gasteiger partial charge >= 0.3 is 11.9 Å². The average molecular weight is 321 g/mol. The van der Waals surface area contributed by atoms with Crippen LogP contribution in [0, 0.1) is 6.92 Å². The van der Waals surface area contributed by atoms with Gasteiger partial charge in [-0.1, -0.05) is 17.7 Å². The summed E-state index contributed by atoms with van der Waals surface area (Å²) in [5.74, 6) is -2.12. The Morgan fingerprint density at radius 2 is 1.74 bits per heavy atom. The van der Waals surface area contributed by atoms with Crippen molar-refractivity contribution in [2.24, 2.45) is 0 Å². The standard InChI is InChI=1S/C17H23NO5/c1-11-5-7-12(8-6-11)15(21)18-13(9-10-14(19)20)16(22)23-17(2,3)4/h5-8,13H,9-10H2,1-4H3,(H,18,21)(H,19,20)/t13-/m0/s1. The number of nitrogens with one attached hydrogen (secondary N) is 1. The number of benzene rings is 1. The quantitative estimate of drug-likeness (QED) is 0.784. The molecule has 1 rings (SSSR count). The lowest BCUT2D eigenvalue weighted by molar-refractivity contribution is -0.157. The molecular formula is C17H23NO5. The van der Waals surface area contributed by atoms with Gasteiger partial charge in [0.1, 0.15) is 11.6 Å². The predicted molar refractivity (Wildman–Crippen MR) is 85.1 cm³/mol. The molecule has 0 unspecified atom stereocenters. The summed E-state index contributed by atoms with van der Waals surface area (Å²) in [4.78, 5) is 35.1. The van der Waals surface area contributed by atoms with Crippen LogP contribution in [0.1, 0.15) is 49.5 Å². The molecule has 0 aliphatic rings. The summed E-state index contributed by atoms with van der Waals surface area (Å²) in [5.41, 5.74) is 0.697. The minimum atomic E-state index is -1.04. The Morgan fingerprint density at radius 1 is 1.17 bits per heavy atom. The van der Waals surface area contributed by atoms with Crippen LogP contribution in [-0.2, 0) is 14.3 Å². The van der Waals surface area contributed by atoms with Crippen LogP contribution in [0.3, 0.4) is 0 Å². The zero-order valence-corrected chi connectivity index (χ0v) is 13.9. The zero-order valence-electron chi connectivity index (χ0n) is 13.9. The monoisotopic (exact) mass is 321 g/mol. The van der Waals surface area contributed by atoms with E-state index in [9.17, 15) is 14.4 Å². The second kappa shape index (κ2) is 7.76. The number of esters is 1. The number of carbonyl (C=O) groups is 3. The first-order chi connectivity index (χ1) is 10.6. The molecule has 0 aliphatic heterocycles. The normalized spacial score (nSPS) is 12.3. The highest BCUT2D eigenvalue weighted by Gasteiger charge is 2.27. The van der Waals surface area contributed by atoms with Crippen LogP contribution >= 0.6 is 0 Å². The Morgan fingerprint density at radius 3 is 2.22 bits per heavy atom. The molecule has 6 heteroatoms. The van der Waals surface area contributed by atoms with Gasteiger partial charge in [-0.2, -0.15) is 0 Å². The van der Waals surface area contributed by atoms with Crippen molar-refractivity contribution in [2.45, 2.75) is 52.2 Å². The van der Waals surface area contributed by atoms with E-state index in [0.717, 1.165) is 5.56 Å². The summed E-state index contributed by atoms with van der Waals surface area (Å²) in [7, 11) is 0. The summed E-state index contributed by atoms with van der Waals surface area (Å²) >= 11 is 0. The number of carboxylic acids is 1. The van der Waals surface area contributed by atoms with E-state index in [1.165, 1.54) is 0 Å². The molecule has 2 N–H and O–H groups in total. The third-order valence-electron chi connectivity index (χ3n) is 2.96. The van der Waals surface area contributed by atoms with Crippen LogP contribution in [0.2, 0.25) is 0 Å². The maximum Gasteiger partial charge on any atom is 0.329 e. The Kier molecular flexibility index (Phi) is 6.30. The first-order valence-corrected chi connectivity index (χ1v) is 7.40. The fourth-order valence-electron chi connectivity index (χ4n) is 1.84. The van der Waals surface area contributed by atoms with Gasteiger partial charge in [-0.05, 0) is 46.2 Å². The van der Waals surface area contributed by atoms with E-state index in [4.69, 9.17) is 9.84 Å². The summed E-state index contributed by atoms with van der Waals surface area (Å²) < 4.78 is 5.24. The van der Waals surface area contributed by atoms with Gasteiger partial charge in [0.15, 0.2) is 0 Å². The highest BCUT2D eigenvalue weighted by molar-refractivity contribution is 5.96. The van der Waals surface area contributed by atoms with Crippen molar-refractivity contribution in [3.8, 4) is 0 Å². The SMILES string of the molecule is Cc1ccc(C(=O)N[C@@H](CCC(=O)O)C(=O)OC(C)(C)C)cc1. The van der Waals surface area contributed by atoms with Crippen LogP contribution in [0.4, 0.5) is 0 Å². The Balaban J connectivity index is 2.82. The summed E-state index contributed by atoms with van der Waals surface area (Å²) in [6, 6.07) is 5.87. The minimum absolute atomic E-state index is 0.0259. The molecule has 1 aromatic rings. The molecule has 0 fully saturated rings. The number of carbonyl (C=O) groups excluding carboxylic acids is 2. The molecule has 1 amide bonds. The van der Waals surface area contributed by atoms with E-state index in [1.807, 2.05) is 6.92 Å². The molecule has 6 nitrogen and oxygen atoms in total. The highest BCUT2D eigenvalue weighted by atomic mass is 16.6. The van der Waals surface area contributed by atoms with Crippen LogP contribution in [0.5, 0.6) is 0 Å². The van der Waals surface area contributed by atoms with Crippen molar-refractivity contribution in [1.29, 1.82) is 0 Å². The van der Waals surface area contributed by atoms with Crippen LogP contribution in [0.25, 0.3) is 0 Å². The molecule has 0 bridgehead atoms. The van der Waals surface area contributed by atoms with Gasteiger partial charge in [-0.25, -0.2) is 4.79 Å². The smallest absolute Gasteiger partial charge is 0.329 e. The maximum atomic E-state index is 12.2. The lowest BCUT2D eigenvalue weighted by atomic mass is 10.1. The number of amides is 1. The predicted octanol–water partition coefficient (Wildman–Crippen LogP) is 2.30. The highest BCUT2D eigenvalue weighted by Crippen LogP contribution is 2.12. The zero-order chi connectivity index (χ0) is 17.6. The van der Waals surface area contributed by atoms with Crippen LogP contribution < -0.4 is 5.32 Å². The maximum absolute atomic E-state index is 12.2. The molecule has 1 atom stereocenters. The lowest BCUT2D eigenvalue weighted by Crippen LogP contribution is -2.44. The van der Waals surface area contributed by atoms with E-state index in [1.54, 1.807) is 45.0 Å².